The van der Waals surface area contributed by atoms with E-state index in [2.05, 4.69) is 21.7 Å². The van der Waals surface area contributed by atoms with E-state index in [0.29, 0.717) is 18.0 Å². The first-order valence-electron chi connectivity index (χ1n) is 5.70. The number of ether oxygens (including phenoxy) is 2. The number of hydrogen-bond donors (Lipinski definition) is 3. The molecule has 1 rings (SSSR count). The van der Waals surface area contributed by atoms with Crippen molar-refractivity contribution in [2.45, 2.75) is 0 Å². The molecule has 0 aliphatic carbocycles. The van der Waals surface area contributed by atoms with Gasteiger partial charge in [0.1, 0.15) is 17.3 Å². The van der Waals surface area contributed by atoms with Crippen molar-refractivity contribution >= 4 is 33.1 Å². The Balaban J connectivity index is 2.54. The molecule has 1 aromatic rings. The lowest BCUT2D eigenvalue weighted by molar-refractivity contribution is 0.204. The van der Waals surface area contributed by atoms with E-state index in [9.17, 15) is 8.42 Å². The molecule has 0 bridgehead atoms. The Kier molecular flexibility index (Phi) is 6.65. The zero-order chi connectivity index (χ0) is 15.0. The van der Waals surface area contributed by atoms with Crippen LogP contribution in [0.4, 0.5) is 5.69 Å². The van der Waals surface area contributed by atoms with Crippen molar-refractivity contribution in [1.82, 2.24) is 4.72 Å². The lowest BCUT2D eigenvalue weighted by atomic mass is 10.3. The van der Waals surface area contributed by atoms with Gasteiger partial charge >= 0.3 is 0 Å². The Morgan fingerprint density at radius 1 is 1.35 bits per heavy atom. The van der Waals surface area contributed by atoms with Crippen LogP contribution in [0.1, 0.15) is 0 Å². The van der Waals surface area contributed by atoms with Crippen molar-refractivity contribution in [2.24, 2.45) is 5.73 Å². The number of rotatable bonds is 9. The second kappa shape index (κ2) is 8.00. The van der Waals surface area contributed by atoms with Gasteiger partial charge in [0.25, 0.3) is 10.2 Å². The lowest BCUT2D eigenvalue weighted by Crippen LogP contribution is -2.32. The largest absolute Gasteiger partial charge is 0.487 e. The Labute approximate surface area is 123 Å². The number of nitrogens with two attached hydrogens (primary N) is 1. The molecule has 0 unspecified atom stereocenters. The van der Waals surface area contributed by atoms with Gasteiger partial charge in [0, 0.05) is 19.3 Å². The fraction of sp³-hybridized carbons (Fsp3) is 0.364. The fourth-order valence-corrected chi connectivity index (χ4v) is 2.17. The van der Waals surface area contributed by atoms with Crippen molar-refractivity contribution in [1.29, 1.82) is 0 Å². The quantitative estimate of drug-likeness (QED) is 0.445. The summed E-state index contributed by atoms with van der Waals surface area (Å²) in [7, 11) is -2.11. The highest BCUT2D eigenvalue weighted by molar-refractivity contribution is 7.90. The number of nitrogens with one attached hydrogen (secondary N) is 2. The minimum atomic E-state index is -3.61. The molecule has 0 aliphatic rings. The van der Waals surface area contributed by atoms with Crippen LogP contribution in [-0.4, -0.2) is 40.3 Å². The van der Waals surface area contributed by atoms with E-state index in [1.807, 2.05) is 0 Å². The zero-order valence-corrected chi connectivity index (χ0v) is 12.6. The van der Waals surface area contributed by atoms with Crippen LogP contribution < -0.4 is 19.9 Å². The summed E-state index contributed by atoms with van der Waals surface area (Å²) in [5, 5.41) is 0. The van der Waals surface area contributed by atoms with Crippen molar-refractivity contribution in [3.63, 3.8) is 0 Å². The second-order valence-corrected chi connectivity index (χ2v) is 5.80. The summed E-state index contributed by atoms with van der Waals surface area (Å²) in [4.78, 5) is 0.247. The summed E-state index contributed by atoms with van der Waals surface area (Å²) in [6.07, 6.45) is 0. The van der Waals surface area contributed by atoms with Crippen LogP contribution in [-0.2, 0) is 14.9 Å². The van der Waals surface area contributed by atoms with Gasteiger partial charge in [-0.05, 0) is 24.3 Å². The Morgan fingerprint density at radius 3 is 2.55 bits per heavy atom. The summed E-state index contributed by atoms with van der Waals surface area (Å²) in [5.41, 5.74) is 5.72. The molecule has 1 aromatic carbocycles. The summed E-state index contributed by atoms with van der Waals surface area (Å²) in [6.45, 7) is 0.632. The molecular formula is C11H17N3O4S2. The molecule has 0 saturated heterocycles. The Morgan fingerprint density at radius 2 is 2.00 bits per heavy atom. The van der Waals surface area contributed by atoms with Crippen molar-refractivity contribution in [3.8, 4) is 5.75 Å². The van der Waals surface area contributed by atoms with E-state index >= 15 is 0 Å². The third kappa shape index (κ3) is 6.66. The second-order valence-electron chi connectivity index (χ2n) is 3.77. The van der Waals surface area contributed by atoms with Gasteiger partial charge in [0.05, 0.1) is 6.61 Å². The summed E-state index contributed by atoms with van der Waals surface area (Å²) < 4.78 is 38.0. The first-order chi connectivity index (χ1) is 9.43. The number of methoxy groups -OCH3 is 1. The third-order valence-electron chi connectivity index (χ3n) is 2.09. The highest BCUT2D eigenvalue weighted by atomic mass is 32.2. The smallest absolute Gasteiger partial charge is 0.299 e. The van der Waals surface area contributed by atoms with Gasteiger partial charge in [-0.25, -0.2) is 0 Å². The average Bonchev–Trinajstić information content (AvgIpc) is 2.37. The zero-order valence-electron chi connectivity index (χ0n) is 11.0. The molecular weight excluding hydrogens is 302 g/mol. The standard InChI is InChI=1S/C11H17N3O4S2/c1-17-7-6-13-20(15,16)14-9-2-4-10(5-3-9)18-8-11(12)19/h2-5,13-14H,6-8H2,1H3,(H2,12,19). The van der Waals surface area contributed by atoms with Crippen LogP contribution in [0.2, 0.25) is 0 Å². The molecule has 0 spiro atoms. The normalized spacial score (nSPS) is 11.1. The molecule has 20 heavy (non-hydrogen) atoms. The van der Waals surface area contributed by atoms with Crippen molar-refractivity contribution in [3.05, 3.63) is 24.3 Å². The summed E-state index contributed by atoms with van der Waals surface area (Å²) in [6, 6.07) is 6.38. The molecule has 0 saturated carbocycles. The molecule has 0 heterocycles. The monoisotopic (exact) mass is 319 g/mol. The van der Waals surface area contributed by atoms with Gasteiger partial charge in [0.2, 0.25) is 0 Å². The van der Waals surface area contributed by atoms with Gasteiger partial charge in [-0.1, -0.05) is 12.2 Å². The van der Waals surface area contributed by atoms with E-state index in [-0.39, 0.29) is 18.1 Å². The molecule has 0 aliphatic heterocycles. The molecule has 112 valence electrons. The Bertz CT molecular complexity index is 531. The highest BCUT2D eigenvalue weighted by Crippen LogP contribution is 2.16. The lowest BCUT2D eigenvalue weighted by Gasteiger charge is -2.10. The maximum Gasteiger partial charge on any atom is 0.299 e. The molecule has 0 fully saturated rings. The molecule has 0 aromatic heterocycles. The molecule has 0 atom stereocenters. The van der Waals surface area contributed by atoms with Crippen LogP contribution in [0.25, 0.3) is 0 Å². The first-order valence-corrected chi connectivity index (χ1v) is 7.59. The number of benzene rings is 1. The van der Waals surface area contributed by atoms with E-state index < -0.39 is 10.2 Å². The minimum Gasteiger partial charge on any atom is -0.487 e. The molecule has 0 radical (unpaired) electrons. The predicted molar refractivity (Wildman–Crippen MR) is 81.1 cm³/mol. The van der Waals surface area contributed by atoms with Gasteiger partial charge < -0.3 is 15.2 Å². The predicted octanol–water partition coefficient (Wildman–Crippen LogP) is 0.244. The molecule has 4 N–H and O–H groups in total. The minimum absolute atomic E-state index is 0.138. The van der Waals surface area contributed by atoms with Crippen LogP contribution in [0.3, 0.4) is 0 Å². The molecule has 0 amide bonds. The van der Waals surface area contributed by atoms with Crippen molar-refractivity contribution < 1.29 is 17.9 Å². The number of thiocarbonyl (C=S) groups is 1. The summed E-state index contributed by atoms with van der Waals surface area (Å²) in [5.74, 6) is 0.549. The maximum atomic E-state index is 11.6. The summed E-state index contributed by atoms with van der Waals surface area (Å²) >= 11 is 4.69. The van der Waals surface area contributed by atoms with Crippen molar-refractivity contribution in [2.75, 3.05) is 31.6 Å². The van der Waals surface area contributed by atoms with E-state index in [1.165, 1.54) is 7.11 Å². The number of anilines is 1. The topological polar surface area (TPSA) is 103 Å². The van der Waals surface area contributed by atoms with Gasteiger partial charge in [-0.15, -0.1) is 0 Å². The van der Waals surface area contributed by atoms with Gasteiger partial charge in [-0.2, -0.15) is 13.1 Å². The van der Waals surface area contributed by atoms with Gasteiger partial charge in [-0.3, -0.25) is 4.72 Å². The molecule has 7 nitrogen and oxygen atoms in total. The third-order valence-corrected chi connectivity index (χ3v) is 3.29. The number of hydrogen-bond acceptors (Lipinski definition) is 5. The highest BCUT2D eigenvalue weighted by Gasteiger charge is 2.08. The van der Waals surface area contributed by atoms with Crippen LogP contribution in [0.5, 0.6) is 5.75 Å². The van der Waals surface area contributed by atoms with E-state index in [1.54, 1.807) is 24.3 Å². The van der Waals surface area contributed by atoms with E-state index in [4.69, 9.17) is 15.2 Å². The van der Waals surface area contributed by atoms with Crippen LogP contribution in [0, 0.1) is 0 Å². The maximum absolute atomic E-state index is 11.6. The van der Waals surface area contributed by atoms with Crippen LogP contribution >= 0.6 is 12.2 Å². The Hall–Kier alpha value is -1.42. The fourth-order valence-electron chi connectivity index (χ4n) is 1.24. The van der Waals surface area contributed by atoms with Gasteiger partial charge in [0.15, 0.2) is 0 Å². The molecule has 9 heteroatoms. The first kappa shape index (κ1) is 16.6. The average molecular weight is 319 g/mol. The van der Waals surface area contributed by atoms with Crippen LogP contribution in [0.15, 0.2) is 24.3 Å². The SMILES string of the molecule is COCCNS(=O)(=O)Nc1ccc(OCC(N)=S)cc1. The van der Waals surface area contributed by atoms with E-state index in [0.717, 1.165) is 0 Å².